The fourth-order valence-electron chi connectivity index (χ4n) is 6.30. The number of piperazine rings is 1. The zero-order valence-electron chi connectivity index (χ0n) is 22.8. The second kappa shape index (κ2) is 10.6. The molecule has 204 valence electrons. The second-order valence-corrected chi connectivity index (χ2v) is 11.8. The van der Waals surface area contributed by atoms with Crippen LogP contribution >= 0.6 is 0 Å². The summed E-state index contributed by atoms with van der Waals surface area (Å²) in [4.78, 5) is 33.0. The van der Waals surface area contributed by atoms with Gasteiger partial charge in [0.15, 0.2) is 0 Å². The molecule has 4 aliphatic rings. The molecule has 2 aromatic rings. The topological polar surface area (TPSA) is 85.7 Å². The normalized spacial score (nSPS) is 23.7. The lowest BCUT2D eigenvalue weighted by Gasteiger charge is -2.35. The van der Waals surface area contributed by atoms with Gasteiger partial charge in [-0.25, -0.2) is 4.79 Å². The number of carbonyl (C=O) groups excluding carboxylic acids is 2. The molecule has 3 fully saturated rings. The number of benzene rings is 1. The van der Waals surface area contributed by atoms with E-state index in [9.17, 15) is 9.59 Å². The van der Waals surface area contributed by atoms with Crippen LogP contribution in [0.25, 0.3) is 0 Å². The van der Waals surface area contributed by atoms with E-state index in [1.165, 1.54) is 19.4 Å². The fourth-order valence-corrected chi connectivity index (χ4v) is 6.30. The van der Waals surface area contributed by atoms with E-state index < -0.39 is 0 Å². The number of urea groups is 1. The fraction of sp³-hybridized carbons (Fsp3) is 0.621. The van der Waals surface area contributed by atoms with Crippen molar-refractivity contribution >= 4 is 29.1 Å². The third-order valence-electron chi connectivity index (χ3n) is 8.92. The van der Waals surface area contributed by atoms with Crippen LogP contribution in [0.1, 0.15) is 49.7 Å². The van der Waals surface area contributed by atoms with Crippen molar-refractivity contribution < 1.29 is 9.59 Å². The van der Waals surface area contributed by atoms with Crippen LogP contribution in [0.4, 0.5) is 22.0 Å². The quantitative estimate of drug-likeness (QED) is 0.627. The molecule has 9 nitrogen and oxygen atoms in total. The number of aromatic nitrogens is 2. The van der Waals surface area contributed by atoms with Crippen molar-refractivity contribution in [1.29, 1.82) is 0 Å². The largest absolute Gasteiger partial charge is 0.338 e. The Morgan fingerprint density at radius 3 is 2.50 bits per heavy atom. The molecule has 0 radical (unpaired) electrons. The Hall–Kier alpha value is -3.07. The highest BCUT2D eigenvalue weighted by Crippen LogP contribution is 2.39. The van der Waals surface area contributed by atoms with Crippen LogP contribution in [-0.2, 0) is 18.4 Å². The Labute approximate surface area is 225 Å². The molecule has 1 aromatic heterocycles. The lowest BCUT2D eigenvalue weighted by atomic mass is 9.81. The maximum Gasteiger partial charge on any atom is 0.317 e. The monoisotopic (exact) mass is 519 g/mol. The number of anilines is 3. The summed E-state index contributed by atoms with van der Waals surface area (Å²) in [5, 5.41) is 11.1. The maximum absolute atomic E-state index is 13.8. The summed E-state index contributed by atoms with van der Waals surface area (Å²) in [5.41, 5.74) is 4.06. The average molecular weight is 520 g/mol. The van der Waals surface area contributed by atoms with E-state index in [0.29, 0.717) is 19.0 Å². The van der Waals surface area contributed by atoms with Gasteiger partial charge in [-0.05, 0) is 75.0 Å². The number of carbonyl (C=O) groups is 2. The minimum Gasteiger partial charge on any atom is -0.338 e. The van der Waals surface area contributed by atoms with E-state index >= 15 is 0 Å². The molecule has 1 aromatic carbocycles. The summed E-state index contributed by atoms with van der Waals surface area (Å²) in [6.07, 6.45) is 8.28. The van der Waals surface area contributed by atoms with Crippen LogP contribution in [0.3, 0.4) is 0 Å². The summed E-state index contributed by atoms with van der Waals surface area (Å²) < 4.78 is 1.84. The standard InChI is InChI=1S/C29H41N7O2/c1-20-3-10-26-25(15-20)32-27-24(17-31-33(27)2)19-36(26)28(37)23-8-6-21(7-9-23)16-30-29(38)35-13-11-34(12-14-35)18-22-4-5-22/h3,10,15,17,21-23,32H,4-9,11-14,16,18-19H2,1-2H3,(H,30,38). The van der Waals surface area contributed by atoms with Gasteiger partial charge in [-0.2, -0.15) is 5.10 Å². The first-order valence-electron chi connectivity index (χ1n) is 14.4. The molecule has 9 heteroatoms. The number of aryl methyl sites for hydroxylation is 2. The molecule has 0 atom stereocenters. The highest BCUT2D eigenvalue weighted by molar-refractivity contribution is 5.99. The van der Waals surface area contributed by atoms with E-state index in [1.807, 2.05) is 27.7 Å². The van der Waals surface area contributed by atoms with Crippen LogP contribution in [-0.4, -0.2) is 70.8 Å². The van der Waals surface area contributed by atoms with Crippen molar-refractivity contribution in [3.05, 3.63) is 35.5 Å². The van der Waals surface area contributed by atoms with Gasteiger partial charge in [-0.15, -0.1) is 0 Å². The zero-order valence-corrected chi connectivity index (χ0v) is 22.8. The molecule has 3 heterocycles. The summed E-state index contributed by atoms with van der Waals surface area (Å²) in [6.45, 7) is 8.14. The van der Waals surface area contributed by atoms with E-state index in [1.54, 1.807) is 0 Å². The third-order valence-corrected chi connectivity index (χ3v) is 8.92. The Morgan fingerprint density at radius 1 is 1.03 bits per heavy atom. The second-order valence-electron chi connectivity index (χ2n) is 11.8. The molecule has 2 aliphatic heterocycles. The Bertz CT molecular complexity index is 1170. The minimum absolute atomic E-state index is 0.00821. The molecule has 0 spiro atoms. The lowest BCUT2D eigenvalue weighted by molar-refractivity contribution is -0.123. The molecule has 0 unspecified atom stereocenters. The molecular weight excluding hydrogens is 478 g/mol. The van der Waals surface area contributed by atoms with Gasteiger partial charge in [0.25, 0.3) is 0 Å². The van der Waals surface area contributed by atoms with E-state index in [2.05, 4.69) is 45.8 Å². The lowest BCUT2D eigenvalue weighted by Crippen LogP contribution is -2.52. The van der Waals surface area contributed by atoms with Gasteiger partial charge in [-0.3, -0.25) is 14.4 Å². The van der Waals surface area contributed by atoms with Crippen LogP contribution < -0.4 is 15.5 Å². The predicted octanol–water partition coefficient (Wildman–Crippen LogP) is 3.86. The first kappa shape index (κ1) is 25.2. The SMILES string of the molecule is Cc1ccc2c(c1)Nc1c(cnn1C)CN2C(=O)C1CCC(CNC(=O)N2CCN(CC3CC3)CC2)CC1. The van der Waals surface area contributed by atoms with Crippen molar-refractivity contribution in [2.45, 2.75) is 52.0 Å². The van der Waals surface area contributed by atoms with E-state index in [-0.39, 0.29) is 17.9 Å². The zero-order chi connectivity index (χ0) is 26.2. The van der Waals surface area contributed by atoms with Gasteiger partial charge in [0.05, 0.1) is 24.1 Å². The highest BCUT2D eigenvalue weighted by atomic mass is 16.2. The number of hydrogen-bond donors (Lipinski definition) is 2. The predicted molar refractivity (Wildman–Crippen MR) is 148 cm³/mol. The summed E-state index contributed by atoms with van der Waals surface area (Å²) >= 11 is 0. The molecule has 3 amide bonds. The first-order valence-corrected chi connectivity index (χ1v) is 14.4. The van der Waals surface area contributed by atoms with Crippen LogP contribution in [0.2, 0.25) is 0 Å². The molecule has 2 saturated carbocycles. The summed E-state index contributed by atoms with van der Waals surface area (Å²) in [7, 11) is 1.92. The summed E-state index contributed by atoms with van der Waals surface area (Å²) in [6, 6.07) is 6.30. The van der Waals surface area contributed by atoms with Crippen molar-refractivity contribution in [1.82, 2.24) is 24.9 Å². The van der Waals surface area contributed by atoms with Crippen LogP contribution in [0.15, 0.2) is 24.4 Å². The van der Waals surface area contributed by atoms with Crippen LogP contribution in [0.5, 0.6) is 0 Å². The molecular formula is C29H41N7O2. The van der Waals surface area contributed by atoms with Gasteiger partial charge < -0.3 is 20.4 Å². The van der Waals surface area contributed by atoms with Gasteiger partial charge in [0.2, 0.25) is 5.91 Å². The van der Waals surface area contributed by atoms with Crippen molar-refractivity contribution in [3.8, 4) is 0 Å². The third kappa shape index (κ3) is 5.39. The smallest absolute Gasteiger partial charge is 0.317 e. The van der Waals surface area contributed by atoms with Crippen LogP contribution in [0, 0.1) is 24.7 Å². The molecule has 0 bridgehead atoms. The number of rotatable bonds is 5. The highest BCUT2D eigenvalue weighted by Gasteiger charge is 2.34. The van der Waals surface area contributed by atoms with Gasteiger partial charge >= 0.3 is 6.03 Å². The number of nitrogens with zero attached hydrogens (tertiary/aromatic N) is 5. The van der Waals surface area contributed by atoms with Crippen molar-refractivity contribution in [3.63, 3.8) is 0 Å². The maximum atomic E-state index is 13.8. The molecule has 1 saturated heterocycles. The minimum atomic E-state index is 0.00821. The van der Waals surface area contributed by atoms with E-state index in [0.717, 1.165) is 86.1 Å². The molecule has 38 heavy (non-hydrogen) atoms. The average Bonchev–Trinajstić information content (AvgIpc) is 3.71. The van der Waals surface area contributed by atoms with Crippen molar-refractivity contribution in [2.75, 3.05) is 49.5 Å². The Balaban J connectivity index is 1.02. The number of nitrogens with one attached hydrogen (secondary N) is 2. The number of fused-ring (bicyclic) bond motifs is 2. The van der Waals surface area contributed by atoms with Gasteiger partial charge in [-0.1, -0.05) is 6.07 Å². The summed E-state index contributed by atoms with van der Waals surface area (Å²) in [5.74, 6) is 2.48. The first-order chi connectivity index (χ1) is 18.4. The Kier molecular flexibility index (Phi) is 7.03. The van der Waals surface area contributed by atoms with E-state index in [4.69, 9.17) is 0 Å². The molecule has 2 aliphatic carbocycles. The molecule has 6 rings (SSSR count). The number of hydrogen-bond acceptors (Lipinski definition) is 5. The van der Waals surface area contributed by atoms with Crippen molar-refractivity contribution in [2.24, 2.45) is 24.8 Å². The number of amides is 3. The molecule has 2 N–H and O–H groups in total. The van der Waals surface area contributed by atoms with Gasteiger partial charge in [0.1, 0.15) is 5.82 Å². The Morgan fingerprint density at radius 2 is 1.76 bits per heavy atom. The van der Waals surface area contributed by atoms with Gasteiger partial charge in [0, 0.05) is 57.8 Å².